The van der Waals surface area contributed by atoms with Crippen molar-refractivity contribution in [2.24, 2.45) is 28.6 Å². The molecule has 3 aromatic rings. The molecule has 0 bridgehead atoms. The van der Waals surface area contributed by atoms with Crippen LogP contribution in [0.1, 0.15) is 98.5 Å². The van der Waals surface area contributed by atoms with Crippen molar-refractivity contribution in [3.63, 3.8) is 0 Å². The number of benzene rings is 2. The third-order valence-corrected chi connectivity index (χ3v) is 10.7. The van der Waals surface area contributed by atoms with E-state index in [4.69, 9.17) is 4.98 Å². The summed E-state index contributed by atoms with van der Waals surface area (Å²) in [5, 5.41) is 23.4. The van der Waals surface area contributed by atoms with Gasteiger partial charge >= 0.3 is 0 Å². The molecule has 2 fully saturated rings. The Morgan fingerprint density at radius 1 is 0.878 bits per heavy atom. The Labute approximate surface area is 262 Å². The van der Waals surface area contributed by atoms with Crippen molar-refractivity contribution in [3.8, 4) is 11.3 Å². The molecule has 0 aliphatic heterocycles. The van der Waals surface area contributed by atoms with E-state index in [9.17, 15) is 10.2 Å². The van der Waals surface area contributed by atoms with E-state index in [2.05, 4.69) is 77.9 Å². The fourth-order valence-corrected chi connectivity index (χ4v) is 7.96. The average molecular weight is 735 g/mol. The summed E-state index contributed by atoms with van der Waals surface area (Å²) in [6.45, 7) is 13.3. The number of nitrogens with zero attached hydrogens (tertiary/aromatic N) is 1. The second-order valence-electron chi connectivity index (χ2n) is 13.0. The Morgan fingerprint density at radius 2 is 1.56 bits per heavy atom. The van der Waals surface area contributed by atoms with E-state index in [0.717, 1.165) is 61.7 Å². The molecule has 1 heterocycles. The SMILES string of the molecule is CC(C)Cc1cccc2nc(-c3[c-]cccc3)ccc12.CCC1(CC)CCCC2CC(CC)(CC)C(O)C2C1O.[Ir]. The first kappa shape index (κ1) is 33.9. The van der Waals surface area contributed by atoms with Crippen molar-refractivity contribution in [3.05, 3.63) is 66.2 Å². The number of fused-ring (bicyclic) bond motifs is 2. The maximum absolute atomic E-state index is 11.1. The molecule has 3 nitrogen and oxygen atoms in total. The van der Waals surface area contributed by atoms with E-state index in [1.807, 2.05) is 24.3 Å². The molecule has 0 spiro atoms. The van der Waals surface area contributed by atoms with Gasteiger partial charge in [-0.15, -0.1) is 35.9 Å². The van der Waals surface area contributed by atoms with E-state index in [-0.39, 0.29) is 49.1 Å². The zero-order valence-corrected chi connectivity index (χ0v) is 28.5. The molecule has 4 atom stereocenters. The van der Waals surface area contributed by atoms with Gasteiger partial charge in [-0.05, 0) is 91.4 Å². The molecular formula is C37H52IrNO2-. The van der Waals surface area contributed by atoms with Crippen LogP contribution in [0.25, 0.3) is 22.2 Å². The van der Waals surface area contributed by atoms with Crippen molar-refractivity contribution in [2.75, 3.05) is 0 Å². The van der Waals surface area contributed by atoms with Gasteiger partial charge in [-0.25, -0.2) is 0 Å². The summed E-state index contributed by atoms with van der Waals surface area (Å²) >= 11 is 0. The first-order valence-electron chi connectivity index (χ1n) is 16.0. The summed E-state index contributed by atoms with van der Waals surface area (Å²) in [5.74, 6) is 1.29. The number of hydrogen-bond donors (Lipinski definition) is 2. The molecule has 0 saturated heterocycles. The second-order valence-corrected chi connectivity index (χ2v) is 13.0. The van der Waals surface area contributed by atoms with Crippen LogP contribution in [-0.4, -0.2) is 27.4 Å². The Bertz CT molecular complexity index is 1220. The van der Waals surface area contributed by atoms with E-state index in [0.29, 0.717) is 11.8 Å². The normalized spacial score (nSPS) is 24.6. The minimum absolute atomic E-state index is 0. The summed E-state index contributed by atoms with van der Waals surface area (Å²) in [6.07, 6.45) is 9.27. The van der Waals surface area contributed by atoms with Crippen LogP contribution in [0, 0.1) is 34.7 Å². The van der Waals surface area contributed by atoms with Crippen LogP contribution in [0.15, 0.2) is 54.6 Å². The van der Waals surface area contributed by atoms with Gasteiger partial charge in [-0.1, -0.05) is 72.2 Å². The second kappa shape index (κ2) is 14.7. The Kier molecular flexibility index (Phi) is 12.2. The molecule has 2 aliphatic carbocycles. The molecule has 2 N–H and O–H groups in total. The molecule has 4 heteroatoms. The molecular weight excluding hydrogens is 683 g/mol. The zero-order chi connectivity index (χ0) is 28.9. The van der Waals surface area contributed by atoms with Gasteiger partial charge in [0.2, 0.25) is 0 Å². The monoisotopic (exact) mass is 735 g/mol. The summed E-state index contributed by atoms with van der Waals surface area (Å²) in [6, 6.07) is 21.9. The first-order chi connectivity index (χ1) is 19.2. The van der Waals surface area contributed by atoms with E-state index >= 15 is 0 Å². The van der Waals surface area contributed by atoms with Crippen LogP contribution in [0.5, 0.6) is 0 Å². The van der Waals surface area contributed by atoms with Crippen molar-refractivity contribution < 1.29 is 30.3 Å². The predicted molar refractivity (Wildman–Crippen MR) is 168 cm³/mol. The summed E-state index contributed by atoms with van der Waals surface area (Å²) in [7, 11) is 0. The molecule has 2 aliphatic rings. The summed E-state index contributed by atoms with van der Waals surface area (Å²) < 4.78 is 0. The molecule has 2 saturated carbocycles. The fraction of sp³-hybridized carbons (Fsp3) is 0.595. The number of pyridine rings is 1. The smallest absolute Gasteiger partial charge is 0.0651 e. The van der Waals surface area contributed by atoms with Gasteiger partial charge in [0.15, 0.2) is 0 Å². The standard InChI is InChI=1S/C19H18N.C18H34O2.Ir/c1-14(2)13-16-9-6-10-19-17(16)11-12-18(20-19)15-7-4-3-5-8-15;1-5-17(6-2)11-9-10-13-12-18(7-3,8-4)16(20)14(13)15(17)19;/h3-7,9-12,14H,13H2,1-2H3;13-16,19-20H,5-12H2,1-4H3;/q-1;;. The van der Waals surface area contributed by atoms with Gasteiger partial charge in [0.05, 0.1) is 17.7 Å². The largest absolute Gasteiger partial charge is 0.392 e. The zero-order valence-electron chi connectivity index (χ0n) is 26.1. The maximum atomic E-state index is 11.1. The quantitative estimate of drug-likeness (QED) is 0.238. The number of hydrogen-bond acceptors (Lipinski definition) is 3. The van der Waals surface area contributed by atoms with Crippen LogP contribution in [0.4, 0.5) is 0 Å². The first-order valence-corrected chi connectivity index (χ1v) is 16.0. The Balaban J connectivity index is 0.000000220. The molecule has 2 aromatic carbocycles. The van der Waals surface area contributed by atoms with Crippen LogP contribution >= 0.6 is 0 Å². The van der Waals surface area contributed by atoms with Crippen molar-refractivity contribution in [1.82, 2.24) is 4.98 Å². The van der Waals surface area contributed by atoms with Gasteiger partial charge in [0, 0.05) is 31.4 Å². The van der Waals surface area contributed by atoms with Gasteiger partial charge in [-0.2, -0.15) is 0 Å². The number of rotatable bonds is 7. The molecule has 5 rings (SSSR count). The number of aliphatic hydroxyl groups excluding tert-OH is 2. The minimum Gasteiger partial charge on any atom is -0.392 e. The Hall–Kier alpha value is -1.58. The van der Waals surface area contributed by atoms with Crippen LogP contribution < -0.4 is 0 Å². The van der Waals surface area contributed by atoms with Gasteiger partial charge in [0.25, 0.3) is 0 Å². The van der Waals surface area contributed by atoms with Gasteiger partial charge < -0.3 is 10.2 Å². The van der Waals surface area contributed by atoms with E-state index in [1.165, 1.54) is 23.8 Å². The predicted octanol–water partition coefficient (Wildman–Crippen LogP) is 9.04. The minimum atomic E-state index is -0.319. The number of aromatic nitrogens is 1. The summed E-state index contributed by atoms with van der Waals surface area (Å²) in [4.78, 5) is 4.78. The summed E-state index contributed by atoms with van der Waals surface area (Å²) in [5.41, 5.74) is 4.58. The topological polar surface area (TPSA) is 53.4 Å². The van der Waals surface area contributed by atoms with E-state index < -0.39 is 0 Å². The molecule has 227 valence electrons. The fourth-order valence-electron chi connectivity index (χ4n) is 7.96. The maximum Gasteiger partial charge on any atom is 0.0651 e. The van der Waals surface area contributed by atoms with E-state index in [1.54, 1.807) is 0 Å². The third kappa shape index (κ3) is 6.98. The van der Waals surface area contributed by atoms with Crippen LogP contribution in [-0.2, 0) is 26.5 Å². The van der Waals surface area contributed by atoms with Crippen molar-refractivity contribution in [1.29, 1.82) is 0 Å². The molecule has 1 radical (unpaired) electrons. The molecule has 1 aromatic heterocycles. The molecule has 4 unspecified atom stereocenters. The van der Waals surface area contributed by atoms with Crippen LogP contribution in [0.3, 0.4) is 0 Å². The van der Waals surface area contributed by atoms with Crippen LogP contribution in [0.2, 0.25) is 0 Å². The molecule has 0 amide bonds. The molecule has 41 heavy (non-hydrogen) atoms. The third-order valence-electron chi connectivity index (χ3n) is 10.7. The Morgan fingerprint density at radius 3 is 2.17 bits per heavy atom. The van der Waals surface area contributed by atoms with Crippen molar-refractivity contribution in [2.45, 2.75) is 112 Å². The van der Waals surface area contributed by atoms with Crippen molar-refractivity contribution >= 4 is 10.9 Å². The van der Waals surface area contributed by atoms with Gasteiger partial charge in [-0.3, -0.25) is 4.98 Å². The number of aliphatic hydroxyl groups is 2. The van der Waals surface area contributed by atoms with Gasteiger partial charge in [0.1, 0.15) is 0 Å². The average Bonchev–Trinajstić information content (AvgIpc) is 3.18.